The van der Waals surface area contributed by atoms with E-state index in [1.54, 1.807) is 0 Å². The zero-order chi connectivity index (χ0) is 22.5. The molecule has 8 heteroatoms. The highest BCUT2D eigenvalue weighted by molar-refractivity contribution is 7.99. The van der Waals surface area contributed by atoms with Crippen molar-refractivity contribution in [1.29, 1.82) is 0 Å². The number of ether oxygens (including phenoxy) is 1. The Labute approximate surface area is 192 Å². The molecule has 3 aromatic rings. The fourth-order valence-corrected chi connectivity index (χ4v) is 4.20. The third-order valence-corrected chi connectivity index (χ3v) is 6.49. The minimum absolute atomic E-state index is 0.0400. The van der Waals surface area contributed by atoms with Crippen molar-refractivity contribution in [3.8, 4) is 5.75 Å². The maximum Gasteiger partial charge on any atom is 0.230 e. The van der Waals surface area contributed by atoms with Crippen LogP contribution < -0.4 is 15.9 Å². The third kappa shape index (κ3) is 5.62. The lowest BCUT2D eigenvalue weighted by molar-refractivity contribution is -0.119. The number of nitrogens with one attached hydrogen (secondary N) is 1. The van der Waals surface area contributed by atoms with Crippen LogP contribution in [0.1, 0.15) is 55.6 Å². The lowest BCUT2D eigenvalue weighted by atomic mass is 10.0. The van der Waals surface area contributed by atoms with Gasteiger partial charge in [0.05, 0.1) is 11.8 Å². The summed E-state index contributed by atoms with van der Waals surface area (Å²) in [6, 6.07) is 18.2. The minimum atomic E-state index is -0.0400. The van der Waals surface area contributed by atoms with E-state index in [1.165, 1.54) is 22.0 Å². The van der Waals surface area contributed by atoms with E-state index in [-0.39, 0.29) is 24.3 Å². The van der Waals surface area contributed by atoms with Crippen LogP contribution >= 0.6 is 11.8 Å². The van der Waals surface area contributed by atoms with Gasteiger partial charge >= 0.3 is 0 Å². The third-order valence-electron chi connectivity index (χ3n) is 5.55. The van der Waals surface area contributed by atoms with Gasteiger partial charge in [-0.05, 0) is 47.9 Å². The predicted octanol–water partition coefficient (Wildman–Crippen LogP) is 4.05. The van der Waals surface area contributed by atoms with Gasteiger partial charge in [0.1, 0.15) is 12.4 Å². The molecule has 1 aliphatic carbocycles. The standard InChI is InChI=1S/C24H29N5O2S/c1-16(2)17-10-12-20(13-11-17)31-14-21-27-28-24(29(21)25)32-15-22(30)26-23(19-8-9-19)18-6-4-3-5-7-18/h3-7,10-13,16,19,23H,8-9,14-15,25H2,1-2H3,(H,26,30). The van der Waals surface area contributed by atoms with Crippen LogP contribution in [0.3, 0.4) is 0 Å². The summed E-state index contributed by atoms with van der Waals surface area (Å²) in [5, 5.41) is 11.9. The SMILES string of the molecule is CC(C)c1ccc(OCc2nnc(SCC(=O)NC(c3ccccc3)C3CC3)n2N)cc1. The molecule has 0 spiro atoms. The minimum Gasteiger partial charge on any atom is -0.486 e. The van der Waals surface area contributed by atoms with Crippen LogP contribution in [-0.2, 0) is 11.4 Å². The van der Waals surface area contributed by atoms with Crippen LogP contribution in [0, 0.1) is 5.92 Å². The normalized spacial score (nSPS) is 14.3. The molecule has 3 N–H and O–H groups in total. The highest BCUT2D eigenvalue weighted by Gasteiger charge is 2.33. The van der Waals surface area contributed by atoms with Crippen LogP contribution in [0.2, 0.25) is 0 Å². The van der Waals surface area contributed by atoms with Crippen molar-refractivity contribution < 1.29 is 9.53 Å². The maximum atomic E-state index is 12.6. The van der Waals surface area contributed by atoms with Gasteiger partial charge in [0.25, 0.3) is 0 Å². The molecule has 4 rings (SSSR count). The van der Waals surface area contributed by atoms with Crippen LogP contribution in [0.25, 0.3) is 0 Å². The van der Waals surface area contributed by atoms with Crippen LogP contribution in [0.4, 0.5) is 0 Å². The summed E-state index contributed by atoms with van der Waals surface area (Å²) in [7, 11) is 0. The van der Waals surface area contributed by atoms with Crippen LogP contribution in [0.5, 0.6) is 5.75 Å². The molecule has 1 heterocycles. The van der Waals surface area contributed by atoms with Crippen molar-refractivity contribution in [2.45, 2.75) is 50.4 Å². The molecule has 1 atom stereocenters. The largest absolute Gasteiger partial charge is 0.486 e. The summed E-state index contributed by atoms with van der Waals surface area (Å²) in [6.07, 6.45) is 2.29. The van der Waals surface area contributed by atoms with Crippen molar-refractivity contribution in [3.63, 3.8) is 0 Å². The number of nitrogens with two attached hydrogens (primary N) is 1. The fourth-order valence-electron chi connectivity index (χ4n) is 3.51. The molecule has 0 radical (unpaired) electrons. The van der Waals surface area contributed by atoms with Crippen molar-refractivity contribution in [1.82, 2.24) is 20.2 Å². The summed E-state index contributed by atoms with van der Waals surface area (Å²) >= 11 is 1.27. The summed E-state index contributed by atoms with van der Waals surface area (Å²) in [5.74, 6) is 8.55. The molecule has 1 saturated carbocycles. The number of carbonyl (C=O) groups excluding carboxylic acids is 1. The number of carbonyl (C=O) groups is 1. The molecule has 1 unspecified atom stereocenters. The Kier molecular flexibility index (Phi) is 6.99. The highest BCUT2D eigenvalue weighted by Crippen LogP contribution is 2.41. The first-order chi connectivity index (χ1) is 15.5. The quantitative estimate of drug-likeness (QED) is 0.357. The Morgan fingerprint density at radius 1 is 1.12 bits per heavy atom. The van der Waals surface area contributed by atoms with Crippen LogP contribution in [0.15, 0.2) is 59.8 Å². The van der Waals surface area contributed by atoms with Gasteiger partial charge in [-0.1, -0.05) is 68.1 Å². The van der Waals surface area contributed by atoms with E-state index in [4.69, 9.17) is 10.6 Å². The van der Waals surface area contributed by atoms with Gasteiger partial charge in [-0.3, -0.25) is 4.79 Å². The van der Waals surface area contributed by atoms with Gasteiger partial charge in [-0.2, -0.15) is 0 Å². The number of nitrogen functional groups attached to an aromatic ring is 1. The van der Waals surface area contributed by atoms with Crippen molar-refractivity contribution >= 4 is 17.7 Å². The number of amides is 1. The second kappa shape index (κ2) is 10.1. The van der Waals surface area contributed by atoms with Crippen molar-refractivity contribution in [2.75, 3.05) is 11.6 Å². The van der Waals surface area contributed by atoms with Crippen molar-refractivity contribution in [3.05, 3.63) is 71.5 Å². The van der Waals surface area contributed by atoms with Gasteiger partial charge in [0, 0.05) is 0 Å². The van der Waals surface area contributed by atoms with Crippen LogP contribution in [-0.4, -0.2) is 26.5 Å². The number of hydrogen-bond donors (Lipinski definition) is 2. The Morgan fingerprint density at radius 2 is 1.84 bits per heavy atom. The smallest absolute Gasteiger partial charge is 0.230 e. The molecule has 7 nitrogen and oxygen atoms in total. The molecule has 2 aromatic carbocycles. The summed E-state index contributed by atoms with van der Waals surface area (Å²) < 4.78 is 7.17. The van der Waals surface area contributed by atoms with E-state index in [0.717, 1.165) is 24.2 Å². The molecular weight excluding hydrogens is 422 g/mol. The Balaban J connectivity index is 1.29. The summed E-state index contributed by atoms with van der Waals surface area (Å²) in [4.78, 5) is 12.6. The Bertz CT molecular complexity index is 1030. The topological polar surface area (TPSA) is 95.1 Å². The first kappa shape index (κ1) is 22.2. The predicted molar refractivity (Wildman–Crippen MR) is 126 cm³/mol. The second-order valence-electron chi connectivity index (χ2n) is 8.36. The monoisotopic (exact) mass is 451 g/mol. The second-order valence-corrected chi connectivity index (χ2v) is 9.31. The van der Waals surface area contributed by atoms with E-state index in [0.29, 0.717) is 22.8 Å². The van der Waals surface area contributed by atoms with E-state index in [2.05, 4.69) is 53.6 Å². The molecule has 1 fully saturated rings. The number of benzene rings is 2. The molecule has 0 bridgehead atoms. The molecule has 168 valence electrons. The number of aromatic nitrogens is 3. The summed E-state index contributed by atoms with van der Waals surface area (Å²) in [6.45, 7) is 4.51. The number of nitrogens with zero attached hydrogens (tertiary/aromatic N) is 3. The average molecular weight is 452 g/mol. The molecule has 1 amide bonds. The van der Waals surface area contributed by atoms with Crippen molar-refractivity contribution in [2.24, 2.45) is 5.92 Å². The Hall–Kier alpha value is -3.00. The number of rotatable bonds is 10. The zero-order valence-electron chi connectivity index (χ0n) is 18.4. The van der Waals surface area contributed by atoms with E-state index >= 15 is 0 Å². The molecule has 1 aromatic heterocycles. The maximum absolute atomic E-state index is 12.6. The van der Waals surface area contributed by atoms with Gasteiger partial charge in [-0.25, -0.2) is 4.68 Å². The first-order valence-electron chi connectivity index (χ1n) is 10.9. The molecule has 32 heavy (non-hydrogen) atoms. The van der Waals surface area contributed by atoms with Gasteiger partial charge in [0.15, 0.2) is 5.82 Å². The average Bonchev–Trinajstić information content (AvgIpc) is 3.59. The van der Waals surface area contributed by atoms with E-state index in [9.17, 15) is 4.79 Å². The molecule has 1 aliphatic rings. The first-order valence-corrected chi connectivity index (χ1v) is 11.9. The molecule has 0 saturated heterocycles. The number of thioether (sulfide) groups is 1. The van der Waals surface area contributed by atoms with E-state index < -0.39 is 0 Å². The molecular formula is C24H29N5O2S. The van der Waals surface area contributed by atoms with E-state index in [1.807, 2.05) is 30.3 Å². The fraction of sp³-hybridized carbons (Fsp3) is 0.375. The number of hydrogen-bond acceptors (Lipinski definition) is 6. The lowest BCUT2D eigenvalue weighted by Crippen LogP contribution is -2.31. The highest BCUT2D eigenvalue weighted by atomic mass is 32.2. The lowest BCUT2D eigenvalue weighted by Gasteiger charge is -2.18. The van der Waals surface area contributed by atoms with Gasteiger partial charge in [0.2, 0.25) is 11.1 Å². The zero-order valence-corrected chi connectivity index (χ0v) is 19.2. The van der Waals surface area contributed by atoms with Gasteiger partial charge in [-0.15, -0.1) is 10.2 Å². The Morgan fingerprint density at radius 3 is 2.50 bits per heavy atom. The molecule has 0 aliphatic heterocycles. The van der Waals surface area contributed by atoms with Gasteiger partial charge < -0.3 is 15.9 Å². The summed E-state index contributed by atoms with van der Waals surface area (Å²) in [5.41, 5.74) is 2.41.